The number of amides is 2. The predicted molar refractivity (Wildman–Crippen MR) is 138 cm³/mol. The van der Waals surface area contributed by atoms with E-state index in [9.17, 15) is 14.9 Å². The lowest BCUT2D eigenvalue weighted by Crippen LogP contribution is -2.42. The van der Waals surface area contributed by atoms with Gasteiger partial charge < -0.3 is 29.6 Å². The van der Waals surface area contributed by atoms with E-state index in [1.54, 1.807) is 47.6 Å². The molecular weight excluding hydrogens is 492 g/mol. The highest BCUT2D eigenvalue weighted by atomic mass is 16.5. The quantitative estimate of drug-likeness (QED) is 0.324. The van der Waals surface area contributed by atoms with Crippen LogP contribution in [0.1, 0.15) is 35.8 Å². The Morgan fingerprint density at radius 1 is 1.00 bits per heavy atom. The summed E-state index contributed by atoms with van der Waals surface area (Å²) < 4.78 is 21.5. The minimum atomic E-state index is -0.844. The molecule has 12 heteroatoms. The Balaban J connectivity index is 1.54. The van der Waals surface area contributed by atoms with Gasteiger partial charge in [0.25, 0.3) is 11.8 Å². The molecule has 0 radical (unpaired) electrons. The molecule has 2 amide bonds. The third-order valence-corrected chi connectivity index (χ3v) is 5.44. The van der Waals surface area contributed by atoms with E-state index in [1.807, 2.05) is 13.8 Å². The van der Waals surface area contributed by atoms with Gasteiger partial charge in [-0.15, -0.1) is 5.53 Å². The highest BCUT2D eigenvalue weighted by Crippen LogP contribution is 2.39. The van der Waals surface area contributed by atoms with Gasteiger partial charge in [-0.3, -0.25) is 20.0 Å². The molecule has 1 atom stereocenters. The number of nitrogens with zero attached hydrogens (tertiary/aromatic N) is 2. The van der Waals surface area contributed by atoms with E-state index in [2.05, 4.69) is 27.7 Å². The topological polar surface area (TPSA) is 146 Å². The normalized spacial score (nSPS) is 13.1. The number of hydrogen-bond acceptors (Lipinski definition) is 10. The second-order valence-electron chi connectivity index (χ2n) is 8.38. The summed E-state index contributed by atoms with van der Waals surface area (Å²) in [4.78, 5) is 25.4. The Bertz CT molecular complexity index is 1210. The van der Waals surface area contributed by atoms with Gasteiger partial charge in [-0.25, -0.2) is 0 Å². The molecule has 0 aliphatic carbocycles. The average Bonchev–Trinajstić information content (AvgIpc) is 3.39. The van der Waals surface area contributed by atoms with Crippen molar-refractivity contribution in [1.82, 2.24) is 26.6 Å². The number of hydrazine groups is 2. The van der Waals surface area contributed by atoms with Crippen molar-refractivity contribution < 1.29 is 28.5 Å². The summed E-state index contributed by atoms with van der Waals surface area (Å²) in [6.07, 6.45) is 1.58. The first-order chi connectivity index (χ1) is 18.3. The van der Waals surface area contributed by atoms with E-state index in [-0.39, 0.29) is 30.0 Å². The van der Waals surface area contributed by atoms with Crippen molar-refractivity contribution >= 4 is 11.8 Å². The van der Waals surface area contributed by atoms with Crippen LogP contribution in [0.25, 0.3) is 0 Å². The van der Waals surface area contributed by atoms with Crippen LogP contribution >= 0.6 is 0 Å². The van der Waals surface area contributed by atoms with Crippen LogP contribution in [0.3, 0.4) is 0 Å². The number of methoxy groups -OCH3 is 3. The third-order valence-electron chi connectivity index (χ3n) is 5.44. The Morgan fingerprint density at radius 2 is 1.71 bits per heavy atom. The number of ether oxygens (including phenoxy) is 4. The van der Waals surface area contributed by atoms with Crippen molar-refractivity contribution in [3.8, 4) is 29.1 Å². The van der Waals surface area contributed by atoms with Gasteiger partial charge in [0.15, 0.2) is 11.5 Å². The van der Waals surface area contributed by atoms with Crippen molar-refractivity contribution in [2.24, 2.45) is 0 Å². The SMILES string of the molecule is COc1ccc(C(=O)NCCN2C=C(C(=O)NC(C#N)c3ccc(OC(C)C)cc3)NN2)c(OC)c1OC. The lowest BCUT2D eigenvalue weighted by Gasteiger charge is -2.17. The van der Waals surface area contributed by atoms with E-state index < -0.39 is 11.9 Å². The highest BCUT2D eigenvalue weighted by Gasteiger charge is 2.23. The second kappa shape index (κ2) is 13.1. The van der Waals surface area contributed by atoms with Crippen LogP contribution in [-0.2, 0) is 4.79 Å². The van der Waals surface area contributed by atoms with Crippen LogP contribution in [0, 0.1) is 11.3 Å². The number of rotatable bonds is 12. The van der Waals surface area contributed by atoms with Gasteiger partial charge in [-0.05, 0) is 43.7 Å². The van der Waals surface area contributed by atoms with E-state index >= 15 is 0 Å². The van der Waals surface area contributed by atoms with Crippen LogP contribution in [0.2, 0.25) is 0 Å². The molecule has 0 bridgehead atoms. The van der Waals surface area contributed by atoms with Crippen molar-refractivity contribution in [2.75, 3.05) is 34.4 Å². The van der Waals surface area contributed by atoms with Crippen molar-refractivity contribution in [3.05, 3.63) is 59.4 Å². The summed E-state index contributed by atoms with van der Waals surface area (Å²) in [5.74, 6) is 0.885. The van der Waals surface area contributed by atoms with E-state index in [4.69, 9.17) is 18.9 Å². The van der Waals surface area contributed by atoms with Crippen LogP contribution in [-0.4, -0.2) is 57.3 Å². The minimum Gasteiger partial charge on any atom is -0.493 e. The second-order valence-corrected chi connectivity index (χ2v) is 8.38. The van der Waals surface area contributed by atoms with Crippen molar-refractivity contribution in [3.63, 3.8) is 0 Å². The minimum absolute atomic E-state index is 0.0326. The van der Waals surface area contributed by atoms with Gasteiger partial charge in [-0.1, -0.05) is 12.1 Å². The summed E-state index contributed by atoms with van der Waals surface area (Å²) in [6, 6.07) is 11.5. The van der Waals surface area contributed by atoms with Crippen LogP contribution in [0.5, 0.6) is 23.0 Å². The van der Waals surface area contributed by atoms with Gasteiger partial charge in [0, 0.05) is 12.7 Å². The van der Waals surface area contributed by atoms with Gasteiger partial charge in [-0.2, -0.15) is 5.26 Å². The van der Waals surface area contributed by atoms with E-state index in [1.165, 1.54) is 21.3 Å². The zero-order chi connectivity index (χ0) is 27.7. The zero-order valence-electron chi connectivity index (χ0n) is 22.0. The molecule has 2 aromatic carbocycles. The third kappa shape index (κ3) is 6.77. The Kier molecular flexibility index (Phi) is 9.61. The molecule has 1 heterocycles. The molecular formula is C26H32N6O6. The summed E-state index contributed by atoms with van der Waals surface area (Å²) in [5.41, 5.74) is 6.74. The number of hydrogen-bond donors (Lipinski definition) is 4. The fourth-order valence-corrected chi connectivity index (χ4v) is 3.66. The molecule has 0 aromatic heterocycles. The van der Waals surface area contributed by atoms with Gasteiger partial charge >= 0.3 is 0 Å². The predicted octanol–water partition coefficient (Wildman–Crippen LogP) is 1.78. The lowest BCUT2D eigenvalue weighted by atomic mass is 10.1. The molecule has 1 unspecified atom stereocenters. The Morgan fingerprint density at radius 3 is 2.32 bits per heavy atom. The summed E-state index contributed by atoms with van der Waals surface area (Å²) in [6.45, 7) is 4.44. The van der Waals surface area contributed by atoms with Crippen LogP contribution < -0.4 is 40.5 Å². The molecule has 4 N–H and O–H groups in total. The number of benzene rings is 2. The first-order valence-corrected chi connectivity index (χ1v) is 11.9. The van der Waals surface area contributed by atoms with Gasteiger partial charge in [0.05, 0.1) is 45.6 Å². The fourth-order valence-electron chi connectivity index (χ4n) is 3.66. The monoisotopic (exact) mass is 524 g/mol. The van der Waals surface area contributed by atoms with E-state index in [0.717, 1.165) is 0 Å². The molecule has 0 spiro atoms. The summed E-state index contributed by atoms with van der Waals surface area (Å²) >= 11 is 0. The first kappa shape index (κ1) is 27.9. The molecule has 202 valence electrons. The molecule has 3 rings (SSSR count). The average molecular weight is 525 g/mol. The van der Waals surface area contributed by atoms with Crippen molar-refractivity contribution in [1.29, 1.82) is 5.26 Å². The molecule has 0 fully saturated rings. The summed E-state index contributed by atoms with van der Waals surface area (Å²) in [7, 11) is 4.40. The Hall–Kier alpha value is -4.63. The first-order valence-electron chi connectivity index (χ1n) is 11.9. The van der Waals surface area contributed by atoms with Gasteiger partial charge in [0.2, 0.25) is 5.75 Å². The van der Waals surface area contributed by atoms with Crippen molar-refractivity contribution in [2.45, 2.75) is 26.0 Å². The van der Waals surface area contributed by atoms with Crippen LogP contribution in [0.4, 0.5) is 0 Å². The summed E-state index contributed by atoms with van der Waals surface area (Å²) in [5, 5.41) is 16.7. The number of nitrogens with one attached hydrogen (secondary N) is 4. The maximum atomic E-state index is 12.7. The molecule has 0 saturated carbocycles. The van der Waals surface area contributed by atoms with Gasteiger partial charge in [0.1, 0.15) is 17.5 Å². The Labute approximate surface area is 221 Å². The highest BCUT2D eigenvalue weighted by molar-refractivity contribution is 5.98. The van der Waals surface area contributed by atoms with E-state index in [0.29, 0.717) is 34.9 Å². The smallest absolute Gasteiger partial charge is 0.271 e. The molecule has 2 aromatic rings. The van der Waals surface area contributed by atoms with Crippen LogP contribution in [0.15, 0.2) is 48.3 Å². The molecule has 38 heavy (non-hydrogen) atoms. The largest absolute Gasteiger partial charge is 0.493 e. The number of carbonyl (C=O) groups is 2. The zero-order valence-corrected chi connectivity index (χ0v) is 22.0. The fraction of sp³-hybridized carbons (Fsp3) is 0.346. The lowest BCUT2D eigenvalue weighted by molar-refractivity contribution is -0.118. The maximum absolute atomic E-state index is 12.7. The maximum Gasteiger partial charge on any atom is 0.271 e. The molecule has 1 aliphatic rings. The standard InChI is InChI=1S/C26H32N6O6/c1-16(2)38-18-8-6-17(7-9-18)20(14-27)29-26(34)21-15-32(31-30-21)13-12-28-25(33)19-10-11-22(35-3)24(37-5)23(19)36-4/h6-11,15-16,20,30-31H,12-13H2,1-5H3,(H,28,33)(H,29,34). The number of carbonyl (C=O) groups excluding carboxylic acids is 2. The molecule has 0 saturated heterocycles. The molecule has 12 nitrogen and oxygen atoms in total. The number of nitriles is 1. The molecule has 1 aliphatic heterocycles.